The second-order valence-electron chi connectivity index (χ2n) is 3.69. The number of nitrogens with one attached hydrogen (secondary N) is 1. The molecule has 0 fully saturated rings. The number of carboxylic acids is 1. The first kappa shape index (κ1) is 14.4. The van der Waals surface area contributed by atoms with E-state index in [1.54, 1.807) is 19.2 Å². The summed E-state index contributed by atoms with van der Waals surface area (Å²) in [6.45, 7) is 3.85. The topological polar surface area (TPSA) is 80.7 Å². The lowest BCUT2D eigenvalue weighted by Crippen LogP contribution is -2.15. The maximum absolute atomic E-state index is 11.0. The van der Waals surface area contributed by atoms with Crippen molar-refractivity contribution in [2.75, 3.05) is 38.8 Å². The molecule has 0 radical (unpaired) electrons. The van der Waals surface area contributed by atoms with Gasteiger partial charge in [-0.15, -0.1) is 0 Å². The number of carbonyl (C=O) groups is 1. The first-order chi connectivity index (χ1) is 8.65. The minimum atomic E-state index is -0.995. The van der Waals surface area contributed by atoms with Crippen molar-refractivity contribution in [2.45, 2.75) is 6.92 Å². The molecule has 0 aliphatic carbocycles. The van der Waals surface area contributed by atoms with Gasteiger partial charge in [0.25, 0.3) is 0 Å². The van der Waals surface area contributed by atoms with E-state index in [9.17, 15) is 4.79 Å². The number of pyridine rings is 1. The van der Waals surface area contributed by atoms with Gasteiger partial charge in [-0.3, -0.25) is 0 Å². The van der Waals surface area contributed by atoms with Crippen molar-refractivity contribution in [3.63, 3.8) is 0 Å². The van der Waals surface area contributed by atoms with E-state index >= 15 is 0 Å². The van der Waals surface area contributed by atoms with Crippen LogP contribution in [0.4, 0.5) is 5.82 Å². The van der Waals surface area contributed by atoms with Gasteiger partial charge in [0.2, 0.25) is 0 Å². The molecule has 0 spiro atoms. The average Bonchev–Trinajstić information content (AvgIpc) is 2.33. The molecule has 0 aliphatic rings. The van der Waals surface area contributed by atoms with Crippen LogP contribution in [0.15, 0.2) is 12.1 Å². The highest BCUT2D eigenvalue weighted by molar-refractivity contribution is 5.93. The summed E-state index contributed by atoms with van der Waals surface area (Å²) in [6.07, 6.45) is 0. The Hall–Kier alpha value is -1.66. The lowest BCUT2D eigenvalue weighted by Gasteiger charge is -2.09. The lowest BCUT2D eigenvalue weighted by molar-refractivity contribution is 0.0696. The molecule has 6 nitrogen and oxygen atoms in total. The number of ether oxygens (including phenoxy) is 2. The van der Waals surface area contributed by atoms with E-state index < -0.39 is 5.97 Å². The Morgan fingerprint density at radius 3 is 2.83 bits per heavy atom. The monoisotopic (exact) mass is 254 g/mol. The standard InChI is InChI=1S/C12H18N2O4/c1-9-3-4-10(12(15)16)11(14-9)13-5-6-18-8-7-17-2/h3-4H,5-8H2,1-2H3,(H,13,14)(H,15,16). The van der Waals surface area contributed by atoms with Crippen LogP contribution in [-0.4, -0.2) is 49.5 Å². The quantitative estimate of drug-likeness (QED) is 0.678. The SMILES string of the molecule is COCCOCCNc1nc(C)ccc1C(=O)O. The van der Waals surface area contributed by atoms with Crippen molar-refractivity contribution in [3.05, 3.63) is 23.4 Å². The molecule has 6 heteroatoms. The number of rotatable bonds is 8. The van der Waals surface area contributed by atoms with E-state index in [2.05, 4.69) is 10.3 Å². The number of nitrogens with zero attached hydrogens (tertiary/aromatic N) is 1. The van der Waals surface area contributed by atoms with E-state index in [-0.39, 0.29) is 5.56 Å². The van der Waals surface area contributed by atoms with Crippen LogP contribution in [0.1, 0.15) is 16.1 Å². The van der Waals surface area contributed by atoms with Crippen LogP contribution < -0.4 is 5.32 Å². The van der Waals surface area contributed by atoms with Crippen LogP contribution in [-0.2, 0) is 9.47 Å². The second-order valence-corrected chi connectivity index (χ2v) is 3.69. The Bertz CT molecular complexity index is 396. The molecule has 0 saturated heterocycles. The van der Waals surface area contributed by atoms with E-state index in [0.717, 1.165) is 5.69 Å². The predicted molar refractivity (Wildman–Crippen MR) is 67.1 cm³/mol. The van der Waals surface area contributed by atoms with Gasteiger partial charge in [-0.1, -0.05) is 0 Å². The van der Waals surface area contributed by atoms with E-state index in [1.807, 2.05) is 6.92 Å². The molecule has 0 amide bonds. The number of methoxy groups -OCH3 is 1. The molecule has 1 rings (SSSR count). The van der Waals surface area contributed by atoms with Crippen LogP contribution >= 0.6 is 0 Å². The number of anilines is 1. The highest BCUT2D eigenvalue weighted by atomic mass is 16.5. The Morgan fingerprint density at radius 2 is 2.17 bits per heavy atom. The molecular formula is C12H18N2O4. The molecule has 18 heavy (non-hydrogen) atoms. The van der Waals surface area contributed by atoms with Gasteiger partial charge in [-0.2, -0.15) is 0 Å². The number of aromatic carboxylic acids is 1. The molecule has 0 unspecified atom stereocenters. The van der Waals surface area contributed by atoms with E-state index in [0.29, 0.717) is 32.2 Å². The van der Waals surface area contributed by atoms with Crippen molar-refractivity contribution < 1.29 is 19.4 Å². The summed E-state index contributed by atoms with van der Waals surface area (Å²) < 4.78 is 10.1. The maximum atomic E-state index is 11.0. The van der Waals surface area contributed by atoms with Crippen molar-refractivity contribution in [1.82, 2.24) is 4.98 Å². The summed E-state index contributed by atoms with van der Waals surface area (Å²) in [4.78, 5) is 15.1. The minimum Gasteiger partial charge on any atom is -0.478 e. The third-order valence-corrected chi connectivity index (χ3v) is 2.24. The Morgan fingerprint density at radius 1 is 1.39 bits per heavy atom. The fraction of sp³-hybridized carbons (Fsp3) is 0.500. The fourth-order valence-corrected chi connectivity index (χ4v) is 1.35. The van der Waals surface area contributed by atoms with Gasteiger partial charge in [0.15, 0.2) is 0 Å². The Labute approximate surface area is 106 Å². The molecule has 1 heterocycles. The molecule has 0 saturated carbocycles. The third kappa shape index (κ3) is 4.68. The van der Waals surface area contributed by atoms with Gasteiger partial charge >= 0.3 is 5.97 Å². The summed E-state index contributed by atoms with van der Waals surface area (Å²) >= 11 is 0. The molecule has 1 aromatic rings. The van der Waals surface area contributed by atoms with Crippen LogP contribution in [0.3, 0.4) is 0 Å². The highest BCUT2D eigenvalue weighted by Gasteiger charge is 2.10. The zero-order valence-electron chi connectivity index (χ0n) is 10.6. The van der Waals surface area contributed by atoms with Crippen LogP contribution in [0.2, 0.25) is 0 Å². The van der Waals surface area contributed by atoms with Crippen LogP contribution in [0.25, 0.3) is 0 Å². The molecule has 0 aromatic carbocycles. The largest absolute Gasteiger partial charge is 0.478 e. The molecule has 2 N–H and O–H groups in total. The number of carboxylic acid groups (broad SMARTS) is 1. The minimum absolute atomic E-state index is 0.164. The van der Waals surface area contributed by atoms with Gasteiger partial charge < -0.3 is 19.9 Å². The molecule has 100 valence electrons. The number of hydrogen-bond acceptors (Lipinski definition) is 5. The van der Waals surface area contributed by atoms with Crippen LogP contribution in [0, 0.1) is 6.92 Å². The van der Waals surface area contributed by atoms with Crippen LogP contribution in [0.5, 0.6) is 0 Å². The third-order valence-electron chi connectivity index (χ3n) is 2.24. The molecular weight excluding hydrogens is 236 g/mol. The molecule has 1 aromatic heterocycles. The Balaban J connectivity index is 2.45. The normalized spacial score (nSPS) is 10.3. The summed E-state index contributed by atoms with van der Waals surface area (Å²) in [5, 5.41) is 12.0. The zero-order valence-corrected chi connectivity index (χ0v) is 10.6. The van der Waals surface area contributed by atoms with Crippen molar-refractivity contribution in [1.29, 1.82) is 0 Å². The average molecular weight is 254 g/mol. The summed E-state index contributed by atoms with van der Waals surface area (Å²) in [6, 6.07) is 3.21. The first-order valence-electron chi connectivity index (χ1n) is 5.66. The number of hydrogen-bond donors (Lipinski definition) is 2. The van der Waals surface area contributed by atoms with Crippen molar-refractivity contribution in [3.8, 4) is 0 Å². The maximum Gasteiger partial charge on any atom is 0.339 e. The summed E-state index contributed by atoms with van der Waals surface area (Å²) in [7, 11) is 1.61. The van der Waals surface area contributed by atoms with Gasteiger partial charge in [0.1, 0.15) is 11.4 Å². The van der Waals surface area contributed by atoms with Gasteiger partial charge in [-0.25, -0.2) is 9.78 Å². The lowest BCUT2D eigenvalue weighted by atomic mass is 10.2. The van der Waals surface area contributed by atoms with Crippen molar-refractivity contribution >= 4 is 11.8 Å². The number of aromatic nitrogens is 1. The van der Waals surface area contributed by atoms with Crippen molar-refractivity contribution in [2.24, 2.45) is 0 Å². The highest BCUT2D eigenvalue weighted by Crippen LogP contribution is 2.12. The number of aryl methyl sites for hydroxylation is 1. The first-order valence-corrected chi connectivity index (χ1v) is 5.66. The second kappa shape index (κ2) is 7.62. The van der Waals surface area contributed by atoms with Gasteiger partial charge in [0.05, 0.1) is 19.8 Å². The molecule has 0 aliphatic heterocycles. The zero-order chi connectivity index (χ0) is 13.4. The van der Waals surface area contributed by atoms with Gasteiger partial charge in [0, 0.05) is 19.3 Å². The molecule has 0 atom stereocenters. The summed E-state index contributed by atoms with van der Waals surface area (Å²) in [5.41, 5.74) is 0.931. The van der Waals surface area contributed by atoms with E-state index in [4.69, 9.17) is 14.6 Å². The molecule has 0 bridgehead atoms. The Kier molecular flexibility index (Phi) is 6.10. The van der Waals surface area contributed by atoms with Gasteiger partial charge in [-0.05, 0) is 19.1 Å². The summed E-state index contributed by atoms with van der Waals surface area (Å²) in [5.74, 6) is -0.622. The smallest absolute Gasteiger partial charge is 0.339 e. The fourth-order valence-electron chi connectivity index (χ4n) is 1.35. The van der Waals surface area contributed by atoms with E-state index in [1.165, 1.54) is 0 Å². The predicted octanol–water partition coefficient (Wildman–Crippen LogP) is 1.16.